The molecule has 0 aliphatic carbocycles. The molecule has 30 heavy (non-hydrogen) atoms. The zero-order valence-electron chi connectivity index (χ0n) is 17.6. The van der Waals surface area contributed by atoms with Crippen molar-refractivity contribution in [3.63, 3.8) is 0 Å². The maximum absolute atomic E-state index is 9.46. The summed E-state index contributed by atoms with van der Waals surface area (Å²) >= 11 is 0. The van der Waals surface area contributed by atoms with Gasteiger partial charge in [0.2, 0.25) is 0 Å². The molecule has 0 amide bonds. The number of aryl methyl sites for hydroxylation is 2. The van der Waals surface area contributed by atoms with E-state index in [1.54, 1.807) is 6.92 Å². The Hall–Kier alpha value is -3.72. The summed E-state index contributed by atoms with van der Waals surface area (Å²) in [6.07, 6.45) is 3.40. The number of unbranched alkanes of at least 4 members (excludes halogenated alkanes) is 1. The summed E-state index contributed by atoms with van der Waals surface area (Å²) in [6.45, 7) is 5.99. The molecule has 0 saturated carbocycles. The number of aromatic nitrogens is 1. The van der Waals surface area contributed by atoms with E-state index in [0.29, 0.717) is 22.6 Å². The minimum absolute atomic E-state index is 0.173. The molecule has 0 aliphatic rings. The van der Waals surface area contributed by atoms with Gasteiger partial charge in [0.1, 0.15) is 17.6 Å². The van der Waals surface area contributed by atoms with Crippen LogP contribution in [0.4, 0.5) is 28.7 Å². The predicted molar refractivity (Wildman–Crippen MR) is 122 cm³/mol. The number of anilines is 3. The van der Waals surface area contributed by atoms with Gasteiger partial charge in [-0.05, 0) is 62.1 Å². The van der Waals surface area contributed by atoms with Crippen LogP contribution in [-0.4, -0.2) is 4.98 Å². The number of nitrogens with zero attached hydrogens (tertiary/aromatic N) is 4. The van der Waals surface area contributed by atoms with Crippen molar-refractivity contribution in [3.05, 3.63) is 70.8 Å². The van der Waals surface area contributed by atoms with Crippen LogP contribution in [0.3, 0.4) is 0 Å². The second-order valence-corrected chi connectivity index (χ2v) is 7.27. The second-order valence-electron chi connectivity index (χ2n) is 7.27. The SMILES string of the molecule is CCCCc1ccc(Nc2nc(N)c(C#N)c(C)c2N=Nc2cccc(C)c2)cc1. The molecule has 152 valence electrons. The highest BCUT2D eigenvalue weighted by Crippen LogP contribution is 2.35. The first-order chi connectivity index (χ1) is 14.5. The third-order valence-corrected chi connectivity index (χ3v) is 4.86. The third kappa shape index (κ3) is 5.00. The molecule has 0 bridgehead atoms. The Kier molecular flexibility index (Phi) is 6.76. The Morgan fingerprint density at radius 1 is 1.10 bits per heavy atom. The first kappa shape index (κ1) is 21.0. The number of pyridine rings is 1. The molecule has 0 atom stereocenters. The summed E-state index contributed by atoms with van der Waals surface area (Å²) < 4.78 is 0. The number of nitriles is 1. The van der Waals surface area contributed by atoms with Crippen molar-refractivity contribution in [1.82, 2.24) is 4.98 Å². The zero-order chi connectivity index (χ0) is 21.5. The Morgan fingerprint density at radius 2 is 1.87 bits per heavy atom. The quantitative estimate of drug-likeness (QED) is 0.435. The van der Waals surface area contributed by atoms with Crippen LogP contribution >= 0.6 is 0 Å². The molecule has 3 N–H and O–H groups in total. The van der Waals surface area contributed by atoms with E-state index in [2.05, 4.69) is 45.7 Å². The van der Waals surface area contributed by atoms with Gasteiger partial charge in [-0.1, -0.05) is 37.6 Å². The lowest BCUT2D eigenvalue weighted by molar-refractivity contribution is 0.795. The summed E-state index contributed by atoms with van der Waals surface area (Å²) in [6, 6.07) is 18.1. The standard InChI is InChI=1S/C24H26N6/c1-4-5-8-18-10-12-19(13-11-18)27-24-22(17(3)21(15-25)23(26)28-24)30-29-20-9-6-7-16(2)14-20/h6-7,9-14H,4-5,8H2,1-3H3,(H3,26,27,28). The number of hydrogen-bond donors (Lipinski definition) is 2. The molecule has 3 aromatic rings. The van der Waals surface area contributed by atoms with Gasteiger partial charge in [0.15, 0.2) is 5.82 Å². The van der Waals surface area contributed by atoms with Crippen LogP contribution in [0.15, 0.2) is 58.8 Å². The Morgan fingerprint density at radius 3 is 2.53 bits per heavy atom. The largest absolute Gasteiger partial charge is 0.383 e. The van der Waals surface area contributed by atoms with E-state index in [1.807, 2.05) is 43.3 Å². The number of hydrogen-bond acceptors (Lipinski definition) is 6. The highest BCUT2D eigenvalue weighted by molar-refractivity contribution is 5.76. The fraction of sp³-hybridized carbons (Fsp3) is 0.250. The molecule has 0 unspecified atom stereocenters. The smallest absolute Gasteiger partial charge is 0.161 e. The molecule has 1 heterocycles. The second kappa shape index (κ2) is 9.66. The molecule has 6 heteroatoms. The van der Waals surface area contributed by atoms with Gasteiger partial charge < -0.3 is 11.1 Å². The highest BCUT2D eigenvalue weighted by atomic mass is 15.1. The van der Waals surface area contributed by atoms with E-state index in [1.165, 1.54) is 18.4 Å². The molecule has 0 radical (unpaired) electrons. The van der Waals surface area contributed by atoms with Crippen LogP contribution in [-0.2, 0) is 6.42 Å². The molecule has 3 rings (SSSR count). The number of nitrogen functional groups attached to an aromatic ring is 1. The number of nitrogens with one attached hydrogen (secondary N) is 1. The highest BCUT2D eigenvalue weighted by Gasteiger charge is 2.16. The van der Waals surface area contributed by atoms with E-state index in [0.717, 1.165) is 23.4 Å². The molecule has 1 aromatic heterocycles. The molecule has 0 saturated heterocycles. The van der Waals surface area contributed by atoms with Crippen molar-refractivity contribution in [2.45, 2.75) is 40.0 Å². The van der Waals surface area contributed by atoms with Crippen LogP contribution in [0, 0.1) is 25.2 Å². The van der Waals surface area contributed by atoms with Gasteiger partial charge in [0.25, 0.3) is 0 Å². The monoisotopic (exact) mass is 398 g/mol. The maximum atomic E-state index is 9.46. The van der Waals surface area contributed by atoms with Crippen molar-refractivity contribution in [3.8, 4) is 6.07 Å². The van der Waals surface area contributed by atoms with Crippen LogP contribution in [0.1, 0.15) is 42.0 Å². The van der Waals surface area contributed by atoms with Crippen molar-refractivity contribution in [1.29, 1.82) is 5.26 Å². The Bertz CT molecular complexity index is 1090. The Balaban J connectivity index is 1.96. The molecule has 0 fully saturated rings. The van der Waals surface area contributed by atoms with Gasteiger partial charge in [0, 0.05) is 11.3 Å². The molecular weight excluding hydrogens is 372 g/mol. The zero-order valence-corrected chi connectivity index (χ0v) is 17.6. The van der Waals surface area contributed by atoms with E-state index >= 15 is 0 Å². The molecule has 6 nitrogen and oxygen atoms in total. The number of benzene rings is 2. The average molecular weight is 399 g/mol. The first-order valence-electron chi connectivity index (χ1n) is 10.1. The van der Waals surface area contributed by atoms with Crippen LogP contribution < -0.4 is 11.1 Å². The van der Waals surface area contributed by atoms with Crippen molar-refractivity contribution in [2.75, 3.05) is 11.1 Å². The molecular formula is C24H26N6. The number of rotatable bonds is 7. The number of nitrogens with two attached hydrogens (primary N) is 1. The van der Waals surface area contributed by atoms with E-state index in [9.17, 15) is 5.26 Å². The summed E-state index contributed by atoms with van der Waals surface area (Å²) in [5, 5.41) is 21.5. The van der Waals surface area contributed by atoms with Crippen LogP contribution in [0.5, 0.6) is 0 Å². The summed E-state index contributed by atoms with van der Waals surface area (Å²) in [7, 11) is 0. The lowest BCUT2D eigenvalue weighted by Crippen LogP contribution is -2.03. The van der Waals surface area contributed by atoms with Crippen molar-refractivity contribution < 1.29 is 0 Å². The van der Waals surface area contributed by atoms with Gasteiger partial charge in [-0.15, -0.1) is 5.11 Å². The lowest BCUT2D eigenvalue weighted by atomic mass is 10.1. The summed E-state index contributed by atoms with van der Waals surface area (Å²) in [4.78, 5) is 4.39. The molecule has 0 spiro atoms. The summed E-state index contributed by atoms with van der Waals surface area (Å²) in [5.41, 5.74) is 11.5. The average Bonchev–Trinajstić information content (AvgIpc) is 2.73. The van der Waals surface area contributed by atoms with Gasteiger partial charge in [-0.25, -0.2) is 4.98 Å². The van der Waals surface area contributed by atoms with Crippen LogP contribution in [0.2, 0.25) is 0 Å². The lowest BCUT2D eigenvalue weighted by Gasteiger charge is -2.13. The minimum atomic E-state index is 0.173. The van der Waals surface area contributed by atoms with E-state index in [4.69, 9.17) is 5.73 Å². The van der Waals surface area contributed by atoms with Gasteiger partial charge >= 0.3 is 0 Å². The predicted octanol–water partition coefficient (Wildman–Crippen LogP) is 6.65. The van der Waals surface area contributed by atoms with Crippen LogP contribution in [0.25, 0.3) is 0 Å². The van der Waals surface area contributed by atoms with Crippen molar-refractivity contribution >= 4 is 28.7 Å². The Labute approximate surface area is 177 Å². The summed E-state index contributed by atoms with van der Waals surface area (Å²) in [5.74, 6) is 0.647. The fourth-order valence-electron chi connectivity index (χ4n) is 3.14. The topological polar surface area (TPSA) is 99.4 Å². The normalized spacial score (nSPS) is 10.9. The first-order valence-corrected chi connectivity index (χ1v) is 10.1. The van der Waals surface area contributed by atoms with Gasteiger partial charge in [0.05, 0.1) is 11.3 Å². The molecule has 0 aliphatic heterocycles. The number of azo groups is 1. The minimum Gasteiger partial charge on any atom is -0.383 e. The maximum Gasteiger partial charge on any atom is 0.161 e. The van der Waals surface area contributed by atoms with Crippen molar-refractivity contribution in [2.24, 2.45) is 10.2 Å². The molecule has 2 aromatic carbocycles. The van der Waals surface area contributed by atoms with Gasteiger partial charge in [-0.2, -0.15) is 10.4 Å². The van der Waals surface area contributed by atoms with E-state index < -0.39 is 0 Å². The third-order valence-electron chi connectivity index (χ3n) is 4.86. The van der Waals surface area contributed by atoms with Gasteiger partial charge in [-0.3, -0.25) is 0 Å². The van der Waals surface area contributed by atoms with E-state index in [-0.39, 0.29) is 5.82 Å². The fourth-order valence-corrected chi connectivity index (χ4v) is 3.14.